The van der Waals surface area contributed by atoms with Gasteiger partial charge in [0.15, 0.2) is 0 Å². The third-order valence-electron chi connectivity index (χ3n) is 3.66. The molecule has 0 unspecified atom stereocenters. The van der Waals surface area contributed by atoms with E-state index in [0.29, 0.717) is 6.54 Å². The quantitative estimate of drug-likeness (QED) is 0.793. The lowest BCUT2D eigenvalue weighted by atomic mass is 10.1. The van der Waals surface area contributed by atoms with Crippen molar-refractivity contribution in [1.29, 1.82) is 0 Å². The van der Waals surface area contributed by atoms with Crippen LogP contribution in [-0.2, 0) is 18.4 Å². The molecule has 0 fully saturated rings. The average Bonchev–Trinajstić information content (AvgIpc) is 2.90. The van der Waals surface area contributed by atoms with Crippen LogP contribution in [0.1, 0.15) is 31.9 Å². The molecule has 0 radical (unpaired) electrons. The van der Waals surface area contributed by atoms with Crippen LogP contribution in [0.3, 0.4) is 0 Å². The molecule has 0 saturated heterocycles. The van der Waals surface area contributed by atoms with Crippen LogP contribution in [0.2, 0.25) is 0 Å². The summed E-state index contributed by atoms with van der Waals surface area (Å²) in [5, 5.41) is 4.13. The van der Waals surface area contributed by atoms with Crippen molar-refractivity contribution in [2.24, 2.45) is 7.05 Å². The minimum atomic E-state index is -0.284. The number of aromatic nitrogens is 2. The summed E-state index contributed by atoms with van der Waals surface area (Å²) in [6.45, 7) is 6.33. The van der Waals surface area contributed by atoms with E-state index in [9.17, 15) is 9.18 Å². The van der Waals surface area contributed by atoms with Gasteiger partial charge in [-0.1, -0.05) is 12.1 Å². The van der Waals surface area contributed by atoms with Crippen LogP contribution < -0.4 is 0 Å². The van der Waals surface area contributed by atoms with Gasteiger partial charge in [0.1, 0.15) is 5.82 Å². The summed E-state index contributed by atoms with van der Waals surface area (Å²) in [6.07, 6.45) is 5.27. The van der Waals surface area contributed by atoms with Gasteiger partial charge in [0.25, 0.3) is 0 Å². The van der Waals surface area contributed by atoms with E-state index in [-0.39, 0.29) is 17.8 Å². The Morgan fingerprint density at radius 1 is 1.35 bits per heavy atom. The molecule has 0 saturated carbocycles. The second-order valence-corrected chi connectivity index (χ2v) is 5.92. The Labute approximate surface area is 136 Å². The minimum absolute atomic E-state index is 0.0642. The molecule has 0 aliphatic heterocycles. The molecule has 0 aliphatic carbocycles. The maximum absolute atomic E-state index is 13.0. The first kappa shape index (κ1) is 16.9. The Bertz CT molecular complexity index is 701. The van der Waals surface area contributed by atoms with Crippen LogP contribution in [-0.4, -0.2) is 26.6 Å². The lowest BCUT2D eigenvalue weighted by Gasteiger charge is -2.25. The molecule has 2 aromatic rings. The predicted octanol–water partition coefficient (Wildman–Crippen LogP) is 3.40. The molecule has 0 spiro atoms. The number of halogens is 1. The molecule has 1 amide bonds. The highest BCUT2D eigenvalue weighted by Gasteiger charge is 2.16. The van der Waals surface area contributed by atoms with E-state index < -0.39 is 0 Å². The van der Waals surface area contributed by atoms with E-state index in [4.69, 9.17) is 0 Å². The second kappa shape index (κ2) is 7.22. The number of rotatable bonds is 5. The Morgan fingerprint density at radius 2 is 2.00 bits per heavy atom. The first-order chi connectivity index (χ1) is 10.9. The topological polar surface area (TPSA) is 38.1 Å². The minimum Gasteiger partial charge on any atom is -0.332 e. The van der Waals surface area contributed by atoms with Gasteiger partial charge < -0.3 is 4.90 Å². The first-order valence-electron chi connectivity index (χ1n) is 7.59. The summed E-state index contributed by atoms with van der Waals surface area (Å²) < 4.78 is 14.7. The van der Waals surface area contributed by atoms with Crippen molar-refractivity contribution >= 4 is 11.5 Å². The van der Waals surface area contributed by atoms with Gasteiger partial charge in [-0.2, -0.15) is 5.10 Å². The van der Waals surface area contributed by atoms with E-state index in [1.54, 1.807) is 34.0 Å². The monoisotopic (exact) mass is 315 g/mol. The molecule has 0 aliphatic rings. The highest BCUT2D eigenvalue weighted by Crippen LogP contribution is 2.16. The number of allylic oxidation sites excluding steroid dienone is 1. The molecule has 4 nitrogen and oxygen atoms in total. The van der Waals surface area contributed by atoms with Gasteiger partial charge >= 0.3 is 0 Å². The molecule has 1 aromatic heterocycles. The number of carbonyl (C=O) groups is 1. The zero-order chi connectivity index (χ0) is 17.0. The highest BCUT2D eigenvalue weighted by atomic mass is 19.1. The number of amides is 1. The fraction of sp³-hybridized carbons (Fsp3) is 0.333. The summed E-state index contributed by atoms with van der Waals surface area (Å²) in [6, 6.07) is 6.21. The van der Waals surface area contributed by atoms with Crippen molar-refractivity contribution in [3.8, 4) is 0 Å². The van der Waals surface area contributed by atoms with Crippen molar-refractivity contribution < 1.29 is 9.18 Å². The average molecular weight is 315 g/mol. The number of hydrogen-bond donors (Lipinski definition) is 0. The van der Waals surface area contributed by atoms with Gasteiger partial charge in [0.2, 0.25) is 5.91 Å². The third-order valence-corrected chi connectivity index (χ3v) is 3.66. The van der Waals surface area contributed by atoms with Gasteiger partial charge in [-0.05, 0) is 44.0 Å². The number of carbonyl (C=O) groups excluding carboxylic acids is 1. The molecule has 5 heteroatoms. The number of benzene rings is 1. The van der Waals surface area contributed by atoms with Gasteiger partial charge in [0.05, 0.1) is 6.20 Å². The van der Waals surface area contributed by atoms with Crippen LogP contribution in [0.5, 0.6) is 0 Å². The molecule has 23 heavy (non-hydrogen) atoms. The first-order valence-corrected chi connectivity index (χ1v) is 7.59. The van der Waals surface area contributed by atoms with E-state index in [1.807, 2.05) is 34.0 Å². The van der Waals surface area contributed by atoms with Gasteiger partial charge in [-0.3, -0.25) is 9.48 Å². The summed E-state index contributed by atoms with van der Waals surface area (Å²) in [7, 11) is 1.85. The summed E-state index contributed by atoms with van der Waals surface area (Å²) >= 11 is 0. The van der Waals surface area contributed by atoms with E-state index in [1.165, 1.54) is 12.1 Å². The zero-order valence-corrected chi connectivity index (χ0v) is 14.0. The Morgan fingerprint density at radius 3 is 2.52 bits per heavy atom. The molecule has 2 rings (SSSR count). The third kappa shape index (κ3) is 4.52. The van der Waals surface area contributed by atoms with Crippen LogP contribution >= 0.6 is 0 Å². The molecular formula is C18H22FN3O. The molecule has 1 aromatic carbocycles. The molecular weight excluding hydrogens is 293 g/mol. The van der Waals surface area contributed by atoms with E-state index >= 15 is 0 Å². The van der Waals surface area contributed by atoms with Crippen molar-refractivity contribution in [2.45, 2.75) is 33.4 Å². The fourth-order valence-electron chi connectivity index (χ4n) is 2.33. The maximum atomic E-state index is 13.0. The highest BCUT2D eigenvalue weighted by molar-refractivity contribution is 5.95. The van der Waals surface area contributed by atoms with Crippen LogP contribution in [0.15, 0.2) is 42.7 Å². The zero-order valence-electron chi connectivity index (χ0n) is 14.0. The summed E-state index contributed by atoms with van der Waals surface area (Å²) in [5.74, 6) is -0.348. The maximum Gasteiger partial charge on any atom is 0.247 e. The SMILES string of the molecule is C/C(=C\C(=O)N(Cc1cnn(C)c1)C(C)C)c1ccc(F)cc1. The van der Waals surface area contributed by atoms with Gasteiger partial charge in [0, 0.05) is 37.5 Å². The van der Waals surface area contributed by atoms with Crippen LogP contribution in [0, 0.1) is 5.82 Å². The van der Waals surface area contributed by atoms with Gasteiger partial charge in [-0.15, -0.1) is 0 Å². The largest absolute Gasteiger partial charge is 0.332 e. The van der Waals surface area contributed by atoms with Crippen molar-refractivity contribution in [3.63, 3.8) is 0 Å². The molecule has 122 valence electrons. The Hall–Kier alpha value is -2.43. The van der Waals surface area contributed by atoms with E-state index in [0.717, 1.165) is 16.7 Å². The summed E-state index contributed by atoms with van der Waals surface area (Å²) in [4.78, 5) is 14.4. The van der Waals surface area contributed by atoms with E-state index in [2.05, 4.69) is 5.10 Å². The van der Waals surface area contributed by atoms with Gasteiger partial charge in [-0.25, -0.2) is 4.39 Å². The fourth-order valence-corrected chi connectivity index (χ4v) is 2.33. The normalized spacial score (nSPS) is 11.8. The molecule has 0 atom stereocenters. The second-order valence-electron chi connectivity index (χ2n) is 5.92. The molecule has 0 N–H and O–H groups in total. The van der Waals surface area contributed by atoms with Crippen LogP contribution in [0.4, 0.5) is 4.39 Å². The van der Waals surface area contributed by atoms with Crippen LogP contribution in [0.25, 0.3) is 5.57 Å². The summed E-state index contributed by atoms with van der Waals surface area (Å²) in [5.41, 5.74) is 2.64. The smallest absolute Gasteiger partial charge is 0.247 e. The predicted molar refractivity (Wildman–Crippen MR) is 88.9 cm³/mol. The number of hydrogen-bond acceptors (Lipinski definition) is 2. The van der Waals surface area contributed by atoms with Crippen molar-refractivity contribution in [2.75, 3.05) is 0 Å². The standard InChI is InChI=1S/C18H22FN3O/c1-13(2)22(12-15-10-20-21(4)11-15)18(23)9-14(3)16-5-7-17(19)8-6-16/h5-11,13H,12H2,1-4H3/b14-9+. The number of nitrogens with zero attached hydrogens (tertiary/aromatic N) is 3. The lowest BCUT2D eigenvalue weighted by molar-refractivity contribution is -0.128. The molecule has 1 heterocycles. The Kier molecular flexibility index (Phi) is 5.32. The molecule has 0 bridgehead atoms. The van der Waals surface area contributed by atoms with Crippen molar-refractivity contribution in [1.82, 2.24) is 14.7 Å². The lowest BCUT2D eigenvalue weighted by Crippen LogP contribution is -2.35. The Balaban J connectivity index is 2.17. The number of aryl methyl sites for hydroxylation is 1. The van der Waals surface area contributed by atoms with Crippen molar-refractivity contribution in [3.05, 3.63) is 59.7 Å².